The molecule has 0 unspecified atom stereocenters. The van der Waals surface area contributed by atoms with Crippen LogP contribution in [0.15, 0.2) is 16.9 Å². The van der Waals surface area contributed by atoms with E-state index in [1.54, 1.807) is 6.92 Å². The van der Waals surface area contributed by atoms with E-state index >= 15 is 0 Å². The number of unbranched alkanes of at least 4 members (excludes halogenated alkanes) is 1. The van der Waals surface area contributed by atoms with Gasteiger partial charge in [-0.25, -0.2) is 0 Å². The molecule has 1 atom stereocenters. The van der Waals surface area contributed by atoms with Crippen molar-refractivity contribution < 1.29 is 14.7 Å². The number of carboxylic acid groups (broad SMARTS) is 1. The predicted octanol–water partition coefficient (Wildman–Crippen LogP) is 1.45. The van der Waals surface area contributed by atoms with Gasteiger partial charge in [-0.1, -0.05) is 19.8 Å². The van der Waals surface area contributed by atoms with Crippen molar-refractivity contribution in [3.8, 4) is 0 Å². The van der Waals surface area contributed by atoms with Crippen LogP contribution >= 0.6 is 0 Å². The molecule has 1 amide bonds. The monoisotopic (exact) mass is 280 g/mol. The molecular formula is C14H20N2O4. The van der Waals surface area contributed by atoms with Crippen LogP contribution in [-0.2, 0) is 4.79 Å². The van der Waals surface area contributed by atoms with Crippen molar-refractivity contribution in [3.05, 3.63) is 33.7 Å². The molecule has 0 aromatic carbocycles. The fourth-order valence-electron chi connectivity index (χ4n) is 1.95. The van der Waals surface area contributed by atoms with E-state index in [1.807, 2.05) is 6.92 Å². The molecule has 20 heavy (non-hydrogen) atoms. The van der Waals surface area contributed by atoms with Crippen molar-refractivity contribution in [2.24, 2.45) is 0 Å². The summed E-state index contributed by atoms with van der Waals surface area (Å²) in [5.74, 6) is -1.41. The standard InChI is InChI=1S/C14H20N2O4/c1-3-4-5-10(7-13(18)19)16-14(20)12-8-11(17)6-9(2)15-12/h6,8,10H,3-5,7H2,1-2H3,(H,15,17)(H,16,20)(H,18,19)/t10-/m0/s1. The number of hydrogen-bond acceptors (Lipinski definition) is 3. The Bertz CT molecular complexity index is 536. The molecule has 0 saturated carbocycles. The van der Waals surface area contributed by atoms with Crippen LogP contribution in [0.25, 0.3) is 0 Å². The first-order valence-electron chi connectivity index (χ1n) is 6.66. The van der Waals surface area contributed by atoms with E-state index in [1.165, 1.54) is 12.1 Å². The molecule has 0 saturated heterocycles. The third-order valence-electron chi connectivity index (χ3n) is 2.88. The van der Waals surface area contributed by atoms with E-state index in [0.717, 1.165) is 12.8 Å². The number of H-pyrrole nitrogens is 1. The molecule has 0 fully saturated rings. The molecule has 0 radical (unpaired) electrons. The van der Waals surface area contributed by atoms with E-state index in [0.29, 0.717) is 12.1 Å². The van der Waals surface area contributed by atoms with E-state index in [9.17, 15) is 14.4 Å². The first kappa shape index (κ1) is 15.9. The van der Waals surface area contributed by atoms with Crippen LogP contribution < -0.4 is 10.7 Å². The fraction of sp³-hybridized carbons (Fsp3) is 0.500. The quantitative estimate of drug-likeness (QED) is 0.703. The zero-order valence-corrected chi connectivity index (χ0v) is 11.7. The number of nitrogens with one attached hydrogen (secondary N) is 2. The highest BCUT2D eigenvalue weighted by atomic mass is 16.4. The van der Waals surface area contributed by atoms with Crippen molar-refractivity contribution in [2.45, 2.75) is 45.6 Å². The number of carboxylic acids is 1. The average Bonchev–Trinajstić information content (AvgIpc) is 2.34. The molecular weight excluding hydrogens is 260 g/mol. The summed E-state index contributed by atoms with van der Waals surface area (Å²) in [7, 11) is 0. The first-order valence-corrected chi connectivity index (χ1v) is 6.66. The molecule has 1 heterocycles. The molecule has 0 bridgehead atoms. The Morgan fingerprint density at radius 1 is 1.40 bits per heavy atom. The average molecular weight is 280 g/mol. The lowest BCUT2D eigenvalue weighted by atomic mass is 10.1. The van der Waals surface area contributed by atoms with Gasteiger partial charge in [-0.15, -0.1) is 0 Å². The number of hydrogen-bond donors (Lipinski definition) is 3. The minimum atomic E-state index is -0.955. The largest absolute Gasteiger partial charge is 0.481 e. The molecule has 110 valence electrons. The summed E-state index contributed by atoms with van der Waals surface area (Å²) in [6.45, 7) is 3.68. The number of aromatic nitrogens is 1. The minimum absolute atomic E-state index is 0.123. The maximum absolute atomic E-state index is 12.0. The number of aliphatic carboxylic acids is 1. The molecule has 1 rings (SSSR count). The molecule has 0 spiro atoms. The van der Waals surface area contributed by atoms with Gasteiger partial charge >= 0.3 is 5.97 Å². The van der Waals surface area contributed by atoms with E-state index in [-0.39, 0.29) is 17.5 Å². The number of amides is 1. The van der Waals surface area contributed by atoms with Gasteiger partial charge in [-0.05, 0) is 13.3 Å². The summed E-state index contributed by atoms with van der Waals surface area (Å²) >= 11 is 0. The Morgan fingerprint density at radius 2 is 2.10 bits per heavy atom. The minimum Gasteiger partial charge on any atom is -0.481 e. The lowest BCUT2D eigenvalue weighted by Gasteiger charge is -2.16. The number of aromatic amines is 1. The molecule has 3 N–H and O–H groups in total. The van der Waals surface area contributed by atoms with Gasteiger partial charge in [-0.3, -0.25) is 14.4 Å². The Hall–Kier alpha value is -2.11. The molecule has 1 aromatic heterocycles. The molecule has 6 heteroatoms. The van der Waals surface area contributed by atoms with Crippen LogP contribution in [0.5, 0.6) is 0 Å². The van der Waals surface area contributed by atoms with Crippen LogP contribution in [0.4, 0.5) is 0 Å². The number of carbonyl (C=O) groups is 2. The van der Waals surface area contributed by atoms with Gasteiger partial charge < -0.3 is 15.4 Å². The Morgan fingerprint density at radius 3 is 2.65 bits per heavy atom. The maximum Gasteiger partial charge on any atom is 0.305 e. The molecule has 0 aliphatic rings. The van der Waals surface area contributed by atoms with Gasteiger partial charge in [0.15, 0.2) is 5.43 Å². The summed E-state index contributed by atoms with van der Waals surface area (Å²) < 4.78 is 0. The summed E-state index contributed by atoms with van der Waals surface area (Å²) in [5.41, 5.74) is 0.489. The van der Waals surface area contributed by atoms with E-state index in [4.69, 9.17) is 5.11 Å². The third kappa shape index (κ3) is 5.26. The smallest absolute Gasteiger partial charge is 0.305 e. The maximum atomic E-state index is 12.0. The second kappa shape index (κ2) is 7.47. The van der Waals surface area contributed by atoms with Gasteiger partial charge in [0.05, 0.1) is 6.42 Å². The van der Waals surface area contributed by atoms with Crippen LogP contribution in [0.3, 0.4) is 0 Å². The van der Waals surface area contributed by atoms with Crippen molar-refractivity contribution in [2.75, 3.05) is 0 Å². The summed E-state index contributed by atoms with van der Waals surface area (Å²) in [5, 5.41) is 11.5. The highest BCUT2D eigenvalue weighted by Crippen LogP contribution is 2.06. The van der Waals surface area contributed by atoms with Crippen molar-refractivity contribution in [3.63, 3.8) is 0 Å². The molecule has 0 aliphatic carbocycles. The van der Waals surface area contributed by atoms with Crippen LogP contribution in [0.1, 0.15) is 48.8 Å². The normalized spacial score (nSPS) is 11.9. The van der Waals surface area contributed by atoms with Gasteiger partial charge in [-0.2, -0.15) is 0 Å². The van der Waals surface area contributed by atoms with Crippen molar-refractivity contribution >= 4 is 11.9 Å². The third-order valence-corrected chi connectivity index (χ3v) is 2.88. The van der Waals surface area contributed by atoms with E-state index < -0.39 is 17.9 Å². The zero-order valence-electron chi connectivity index (χ0n) is 11.7. The molecule has 0 aliphatic heterocycles. The Kier molecular flexibility index (Phi) is 5.96. The summed E-state index contributed by atoms with van der Waals surface area (Å²) in [6, 6.07) is 2.17. The first-order chi connectivity index (χ1) is 9.42. The predicted molar refractivity (Wildman–Crippen MR) is 74.8 cm³/mol. The highest BCUT2D eigenvalue weighted by molar-refractivity contribution is 5.92. The van der Waals surface area contributed by atoms with E-state index in [2.05, 4.69) is 10.3 Å². The van der Waals surface area contributed by atoms with Gasteiger partial charge in [0.25, 0.3) is 5.91 Å². The van der Waals surface area contributed by atoms with Crippen molar-refractivity contribution in [1.82, 2.24) is 10.3 Å². The van der Waals surface area contributed by atoms with Crippen molar-refractivity contribution in [1.29, 1.82) is 0 Å². The second-order valence-corrected chi connectivity index (χ2v) is 4.82. The number of aryl methyl sites for hydroxylation is 1. The summed E-state index contributed by atoms with van der Waals surface area (Å²) in [4.78, 5) is 37.0. The molecule has 1 aromatic rings. The Balaban J connectivity index is 2.78. The zero-order chi connectivity index (χ0) is 15.1. The van der Waals surface area contributed by atoms with Crippen LogP contribution in [0, 0.1) is 6.92 Å². The number of pyridine rings is 1. The number of carbonyl (C=O) groups excluding carboxylic acids is 1. The highest BCUT2D eigenvalue weighted by Gasteiger charge is 2.17. The lowest BCUT2D eigenvalue weighted by Crippen LogP contribution is -2.37. The van der Waals surface area contributed by atoms with Gasteiger partial charge in [0.1, 0.15) is 5.69 Å². The molecule has 6 nitrogen and oxygen atoms in total. The number of rotatable bonds is 7. The second-order valence-electron chi connectivity index (χ2n) is 4.82. The fourth-order valence-corrected chi connectivity index (χ4v) is 1.95. The van der Waals surface area contributed by atoms with Gasteiger partial charge in [0, 0.05) is 23.9 Å². The lowest BCUT2D eigenvalue weighted by molar-refractivity contribution is -0.137. The van der Waals surface area contributed by atoms with Gasteiger partial charge in [0.2, 0.25) is 0 Å². The SMILES string of the molecule is CCCC[C@@H](CC(=O)O)NC(=O)c1cc(=O)cc(C)[nH]1. The van der Waals surface area contributed by atoms with Crippen LogP contribution in [-0.4, -0.2) is 28.0 Å². The van der Waals surface area contributed by atoms with Crippen LogP contribution in [0.2, 0.25) is 0 Å². The topological polar surface area (TPSA) is 99.3 Å². The Labute approximate surface area is 117 Å². The summed E-state index contributed by atoms with van der Waals surface area (Å²) in [6.07, 6.45) is 2.24.